The highest BCUT2D eigenvalue weighted by molar-refractivity contribution is 5.15. The molecule has 0 aromatic carbocycles. The average Bonchev–Trinajstić information content (AvgIpc) is 2.17. The minimum atomic E-state index is -0.141. The van der Waals surface area contributed by atoms with E-state index in [9.17, 15) is 4.39 Å². The van der Waals surface area contributed by atoms with E-state index in [0.717, 1.165) is 38.0 Å². The fraction of sp³-hybridized carbons (Fsp3) is 0.833. The number of halogens is 1. The fourth-order valence-electron chi connectivity index (χ4n) is 2.17. The SMILES string of the molecule is C.CCN1CC/C(=C\F)[C@](C)(COC)C1. The second-order valence-corrected chi connectivity index (χ2v) is 4.25. The largest absolute Gasteiger partial charge is 0.384 e. The Morgan fingerprint density at radius 3 is 2.73 bits per heavy atom. The predicted octanol–water partition coefficient (Wildman–Crippen LogP) is 2.85. The lowest BCUT2D eigenvalue weighted by Gasteiger charge is -2.41. The molecule has 0 saturated carbocycles. The Kier molecular flexibility index (Phi) is 6.06. The molecule has 0 amide bonds. The molecular weight excluding hydrogens is 193 g/mol. The van der Waals surface area contributed by atoms with E-state index < -0.39 is 0 Å². The van der Waals surface area contributed by atoms with E-state index in [0.29, 0.717) is 6.61 Å². The molecule has 1 atom stereocenters. The minimum Gasteiger partial charge on any atom is -0.384 e. The summed E-state index contributed by atoms with van der Waals surface area (Å²) in [5, 5.41) is 0. The quantitative estimate of drug-likeness (QED) is 0.720. The van der Waals surface area contributed by atoms with Crippen LogP contribution < -0.4 is 0 Å². The number of hydrogen-bond donors (Lipinski definition) is 0. The summed E-state index contributed by atoms with van der Waals surface area (Å²) in [6, 6.07) is 0. The van der Waals surface area contributed by atoms with Crippen molar-refractivity contribution in [2.45, 2.75) is 27.7 Å². The summed E-state index contributed by atoms with van der Waals surface area (Å²) in [7, 11) is 1.67. The van der Waals surface area contributed by atoms with Crippen LogP contribution >= 0.6 is 0 Å². The third-order valence-corrected chi connectivity index (χ3v) is 3.09. The molecule has 0 aromatic rings. The summed E-state index contributed by atoms with van der Waals surface area (Å²) in [6.07, 6.45) is 1.59. The monoisotopic (exact) mass is 217 g/mol. The highest BCUT2D eigenvalue weighted by Gasteiger charge is 2.34. The summed E-state index contributed by atoms with van der Waals surface area (Å²) in [6.45, 7) is 7.69. The van der Waals surface area contributed by atoms with Gasteiger partial charge >= 0.3 is 0 Å². The maximum atomic E-state index is 12.7. The number of ether oxygens (including phenoxy) is 1. The van der Waals surface area contributed by atoms with Crippen molar-refractivity contribution in [2.75, 3.05) is 33.4 Å². The molecule has 0 N–H and O–H groups in total. The van der Waals surface area contributed by atoms with E-state index in [2.05, 4.69) is 18.7 Å². The summed E-state index contributed by atoms with van der Waals surface area (Å²) in [5.41, 5.74) is 0.752. The van der Waals surface area contributed by atoms with Gasteiger partial charge in [-0.1, -0.05) is 21.3 Å². The number of methoxy groups -OCH3 is 1. The first-order valence-corrected chi connectivity index (χ1v) is 5.17. The zero-order valence-corrected chi connectivity index (χ0v) is 9.35. The van der Waals surface area contributed by atoms with Gasteiger partial charge < -0.3 is 9.64 Å². The molecule has 2 nitrogen and oxygen atoms in total. The molecule has 1 aliphatic heterocycles. The zero-order chi connectivity index (χ0) is 10.6. The van der Waals surface area contributed by atoms with E-state index in [4.69, 9.17) is 4.74 Å². The van der Waals surface area contributed by atoms with E-state index in [-0.39, 0.29) is 12.8 Å². The van der Waals surface area contributed by atoms with Crippen LogP contribution in [0.3, 0.4) is 0 Å². The fourth-order valence-corrected chi connectivity index (χ4v) is 2.17. The Bertz CT molecular complexity index is 218. The van der Waals surface area contributed by atoms with Gasteiger partial charge in [0.15, 0.2) is 0 Å². The predicted molar refractivity (Wildman–Crippen MR) is 62.6 cm³/mol. The van der Waals surface area contributed by atoms with Gasteiger partial charge in [0, 0.05) is 25.6 Å². The molecule has 1 heterocycles. The van der Waals surface area contributed by atoms with Crippen LogP contribution in [0.2, 0.25) is 0 Å². The molecule has 0 radical (unpaired) electrons. The second-order valence-electron chi connectivity index (χ2n) is 4.25. The van der Waals surface area contributed by atoms with E-state index in [1.54, 1.807) is 7.11 Å². The smallest absolute Gasteiger partial charge is 0.0866 e. The minimum absolute atomic E-state index is 0. The van der Waals surface area contributed by atoms with Gasteiger partial charge in [0.25, 0.3) is 0 Å². The standard InChI is InChI=1S/C11H20FNO.CH4/c1-4-13-6-5-10(7-12)11(2,8-13)9-14-3;/h7H,4-6,8-9H2,1-3H3;1H4/b10-7+;/t11-;/m0./s1. The first kappa shape index (κ1) is 14.6. The van der Waals surface area contributed by atoms with Gasteiger partial charge in [0.05, 0.1) is 12.9 Å². The summed E-state index contributed by atoms with van der Waals surface area (Å²) < 4.78 is 17.9. The number of likely N-dealkylation sites (tertiary alicyclic amines) is 1. The molecule has 1 fully saturated rings. The average molecular weight is 217 g/mol. The number of hydrogen-bond acceptors (Lipinski definition) is 2. The summed E-state index contributed by atoms with van der Waals surface area (Å²) in [4.78, 5) is 2.34. The molecule has 0 bridgehead atoms. The lowest BCUT2D eigenvalue weighted by Crippen LogP contribution is -2.45. The third-order valence-electron chi connectivity index (χ3n) is 3.09. The van der Waals surface area contributed by atoms with Crippen molar-refractivity contribution < 1.29 is 9.13 Å². The molecule has 15 heavy (non-hydrogen) atoms. The Balaban J connectivity index is 0.00000196. The summed E-state index contributed by atoms with van der Waals surface area (Å²) >= 11 is 0. The first-order valence-electron chi connectivity index (χ1n) is 5.17. The third kappa shape index (κ3) is 3.28. The van der Waals surface area contributed by atoms with Crippen LogP contribution in [0.1, 0.15) is 27.7 Å². The van der Waals surface area contributed by atoms with Crippen LogP contribution in [-0.2, 0) is 4.74 Å². The normalized spacial score (nSPS) is 30.3. The van der Waals surface area contributed by atoms with Crippen LogP contribution in [0, 0.1) is 5.41 Å². The molecular formula is C12H24FNO. The lowest BCUT2D eigenvalue weighted by atomic mass is 9.78. The topological polar surface area (TPSA) is 12.5 Å². The highest BCUT2D eigenvalue weighted by atomic mass is 19.1. The molecule has 1 saturated heterocycles. The zero-order valence-electron chi connectivity index (χ0n) is 9.35. The van der Waals surface area contributed by atoms with Crippen LogP contribution in [0.4, 0.5) is 4.39 Å². The number of nitrogens with zero attached hydrogens (tertiary/aromatic N) is 1. The molecule has 0 unspecified atom stereocenters. The van der Waals surface area contributed by atoms with E-state index in [1.165, 1.54) is 0 Å². The maximum absolute atomic E-state index is 12.7. The van der Waals surface area contributed by atoms with Gasteiger partial charge in [-0.25, -0.2) is 4.39 Å². The first-order chi connectivity index (χ1) is 6.66. The van der Waals surface area contributed by atoms with Crippen molar-refractivity contribution in [1.29, 1.82) is 0 Å². The van der Waals surface area contributed by atoms with Crippen molar-refractivity contribution >= 4 is 0 Å². The van der Waals surface area contributed by atoms with Gasteiger partial charge in [-0.2, -0.15) is 0 Å². The summed E-state index contributed by atoms with van der Waals surface area (Å²) in [5.74, 6) is 0. The van der Waals surface area contributed by atoms with Crippen molar-refractivity contribution in [3.63, 3.8) is 0 Å². The number of piperidine rings is 1. The Hall–Kier alpha value is -0.410. The Morgan fingerprint density at radius 2 is 2.27 bits per heavy atom. The maximum Gasteiger partial charge on any atom is 0.0866 e. The molecule has 3 heteroatoms. The van der Waals surface area contributed by atoms with Crippen LogP contribution in [0.25, 0.3) is 0 Å². The van der Waals surface area contributed by atoms with Gasteiger partial charge in [-0.3, -0.25) is 0 Å². The van der Waals surface area contributed by atoms with Gasteiger partial charge in [0.1, 0.15) is 0 Å². The highest BCUT2D eigenvalue weighted by Crippen LogP contribution is 2.34. The number of rotatable bonds is 3. The van der Waals surface area contributed by atoms with Gasteiger partial charge in [-0.05, 0) is 18.5 Å². The molecule has 1 rings (SSSR count). The Morgan fingerprint density at radius 1 is 1.60 bits per heavy atom. The van der Waals surface area contributed by atoms with E-state index >= 15 is 0 Å². The van der Waals surface area contributed by atoms with Crippen molar-refractivity contribution in [1.82, 2.24) is 4.90 Å². The van der Waals surface area contributed by atoms with Crippen molar-refractivity contribution in [3.8, 4) is 0 Å². The Labute approximate surface area is 93.1 Å². The van der Waals surface area contributed by atoms with Gasteiger partial charge in [-0.15, -0.1) is 0 Å². The lowest BCUT2D eigenvalue weighted by molar-refractivity contribution is 0.0621. The molecule has 0 aromatic heterocycles. The van der Waals surface area contributed by atoms with Crippen LogP contribution in [-0.4, -0.2) is 38.3 Å². The second kappa shape index (κ2) is 6.23. The molecule has 0 spiro atoms. The van der Waals surface area contributed by atoms with Crippen LogP contribution in [0.15, 0.2) is 11.9 Å². The molecule has 0 aliphatic carbocycles. The van der Waals surface area contributed by atoms with Gasteiger partial charge in [0.2, 0.25) is 0 Å². The molecule has 90 valence electrons. The van der Waals surface area contributed by atoms with Crippen molar-refractivity contribution in [3.05, 3.63) is 11.9 Å². The van der Waals surface area contributed by atoms with E-state index in [1.807, 2.05) is 0 Å². The molecule has 1 aliphatic rings. The van der Waals surface area contributed by atoms with Crippen LogP contribution in [0.5, 0.6) is 0 Å². The van der Waals surface area contributed by atoms with Crippen molar-refractivity contribution in [2.24, 2.45) is 5.41 Å².